The Balaban J connectivity index is 2.19. The molecule has 2 rings (SSSR count). The van der Waals surface area contributed by atoms with Crippen LogP contribution in [0.5, 0.6) is 0 Å². The molecular weight excluding hydrogens is 256 g/mol. The summed E-state index contributed by atoms with van der Waals surface area (Å²) in [5.74, 6) is -1.16. The van der Waals surface area contributed by atoms with Gasteiger partial charge in [0.1, 0.15) is 6.54 Å². The zero-order valence-electron chi connectivity index (χ0n) is 11.6. The minimum Gasteiger partial charge on any atom is -0.480 e. The molecule has 1 amide bonds. The highest BCUT2D eigenvalue weighted by molar-refractivity contribution is 6.00. The number of hydrogen-bond donors (Lipinski definition) is 2. The second-order valence-electron chi connectivity index (χ2n) is 5.16. The lowest BCUT2D eigenvalue weighted by Crippen LogP contribution is -2.50. The van der Waals surface area contributed by atoms with Gasteiger partial charge in [0.15, 0.2) is 0 Å². The van der Waals surface area contributed by atoms with Crippen molar-refractivity contribution >= 4 is 17.6 Å². The molecule has 1 aliphatic heterocycles. The molecule has 1 aromatic carbocycles. The maximum Gasteiger partial charge on any atom is 0.323 e. The fourth-order valence-corrected chi connectivity index (χ4v) is 2.41. The van der Waals surface area contributed by atoms with E-state index in [9.17, 15) is 9.59 Å². The molecule has 1 aromatic rings. The monoisotopic (exact) mass is 276 g/mol. The summed E-state index contributed by atoms with van der Waals surface area (Å²) < 4.78 is 0. The van der Waals surface area contributed by atoms with Gasteiger partial charge in [-0.3, -0.25) is 14.5 Å². The van der Waals surface area contributed by atoms with E-state index in [1.807, 2.05) is 19.1 Å². The maximum absolute atomic E-state index is 12.5. The average Bonchev–Trinajstić information content (AvgIpc) is 2.46. The number of aryl methyl sites for hydroxylation is 1. The average molecular weight is 276 g/mol. The molecule has 0 radical (unpaired) electrons. The van der Waals surface area contributed by atoms with Crippen LogP contribution < -0.4 is 10.2 Å². The highest BCUT2D eigenvalue weighted by Gasteiger charge is 2.27. The van der Waals surface area contributed by atoms with E-state index in [2.05, 4.69) is 5.32 Å². The fraction of sp³-hybridized carbons (Fsp3) is 0.467. The zero-order valence-corrected chi connectivity index (χ0v) is 11.6. The second kappa shape index (κ2) is 6.52. The zero-order chi connectivity index (χ0) is 14.5. The predicted octanol–water partition coefficient (Wildman–Crippen LogP) is 1.55. The molecular formula is C15H20N2O3. The number of rotatable bonds is 4. The first-order chi connectivity index (χ1) is 9.58. The van der Waals surface area contributed by atoms with Gasteiger partial charge in [-0.1, -0.05) is 24.1 Å². The molecule has 1 saturated heterocycles. The predicted molar refractivity (Wildman–Crippen MR) is 76.8 cm³/mol. The Labute approximate surface area is 118 Å². The van der Waals surface area contributed by atoms with Gasteiger partial charge in [0.25, 0.3) is 0 Å². The molecule has 0 aromatic heterocycles. The summed E-state index contributed by atoms with van der Waals surface area (Å²) in [6, 6.07) is 7.07. The van der Waals surface area contributed by atoms with Gasteiger partial charge in [-0.05, 0) is 38.4 Å². The fourth-order valence-electron chi connectivity index (χ4n) is 2.41. The van der Waals surface area contributed by atoms with Crippen molar-refractivity contribution in [2.75, 3.05) is 18.0 Å². The molecule has 1 atom stereocenters. The molecule has 0 bridgehead atoms. The number of aliphatic carboxylic acids is 1. The number of carbonyl (C=O) groups is 2. The first kappa shape index (κ1) is 14.5. The number of carboxylic acid groups (broad SMARTS) is 1. The molecule has 0 spiro atoms. The molecule has 0 aliphatic carbocycles. The summed E-state index contributed by atoms with van der Waals surface area (Å²) in [5, 5.41) is 12.2. The van der Waals surface area contributed by atoms with Crippen molar-refractivity contribution in [3.63, 3.8) is 0 Å². The quantitative estimate of drug-likeness (QED) is 0.875. The Morgan fingerprint density at radius 1 is 1.30 bits per heavy atom. The van der Waals surface area contributed by atoms with Crippen molar-refractivity contribution in [3.05, 3.63) is 29.8 Å². The number of anilines is 1. The highest BCUT2D eigenvalue weighted by atomic mass is 16.4. The SMILES string of the molecule is Cc1ccc(N(CC(=O)O)C(=O)C2CCCCN2)cc1. The van der Waals surface area contributed by atoms with Crippen molar-refractivity contribution in [1.29, 1.82) is 0 Å². The van der Waals surface area contributed by atoms with E-state index in [0.29, 0.717) is 5.69 Å². The molecule has 108 valence electrons. The van der Waals surface area contributed by atoms with E-state index in [4.69, 9.17) is 5.11 Å². The lowest BCUT2D eigenvalue weighted by molar-refractivity contribution is -0.137. The largest absolute Gasteiger partial charge is 0.480 e. The van der Waals surface area contributed by atoms with Gasteiger partial charge in [-0.2, -0.15) is 0 Å². The number of nitrogens with one attached hydrogen (secondary N) is 1. The van der Waals surface area contributed by atoms with E-state index < -0.39 is 5.97 Å². The van der Waals surface area contributed by atoms with Crippen LogP contribution in [0.2, 0.25) is 0 Å². The second-order valence-corrected chi connectivity index (χ2v) is 5.16. The Bertz CT molecular complexity index is 478. The normalized spacial score (nSPS) is 18.6. The van der Waals surface area contributed by atoms with Crippen molar-refractivity contribution in [2.45, 2.75) is 32.2 Å². The summed E-state index contributed by atoms with van der Waals surface area (Å²) in [5.41, 5.74) is 1.71. The van der Waals surface area contributed by atoms with Crippen LogP contribution in [-0.2, 0) is 9.59 Å². The van der Waals surface area contributed by atoms with Gasteiger partial charge in [0.2, 0.25) is 5.91 Å². The van der Waals surface area contributed by atoms with E-state index >= 15 is 0 Å². The number of piperidine rings is 1. The lowest BCUT2D eigenvalue weighted by atomic mass is 10.0. The number of carboxylic acids is 1. The smallest absolute Gasteiger partial charge is 0.323 e. The molecule has 2 N–H and O–H groups in total. The van der Waals surface area contributed by atoms with Crippen LogP contribution >= 0.6 is 0 Å². The van der Waals surface area contributed by atoms with Crippen molar-refractivity contribution in [3.8, 4) is 0 Å². The van der Waals surface area contributed by atoms with Gasteiger partial charge in [-0.25, -0.2) is 0 Å². The summed E-state index contributed by atoms with van der Waals surface area (Å²) in [4.78, 5) is 24.9. The minimum absolute atomic E-state index is 0.157. The van der Waals surface area contributed by atoms with Gasteiger partial charge >= 0.3 is 5.97 Å². The molecule has 5 heteroatoms. The third kappa shape index (κ3) is 3.57. The van der Waals surface area contributed by atoms with Crippen molar-refractivity contribution in [2.24, 2.45) is 0 Å². The summed E-state index contributed by atoms with van der Waals surface area (Å²) >= 11 is 0. The number of carbonyl (C=O) groups excluding carboxylic acids is 1. The van der Waals surface area contributed by atoms with E-state index in [1.54, 1.807) is 12.1 Å². The molecule has 1 aliphatic rings. The third-order valence-electron chi connectivity index (χ3n) is 3.51. The maximum atomic E-state index is 12.5. The third-order valence-corrected chi connectivity index (χ3v) is 3.51. The van der Waals surface area contributed by atoms with Crippen molar-refractivity contribution in [1.82, 2.24) is 5.32 Å². The number of hydrogen-bond acceptors (Lipinski definition) is 3. The Kier molecular flexibility index (Phi) is 4.74. The number of amides is 1. The Morgan fingerprint density at radius 3 is 2.55 bits per heavy atom. The molecule has 1 fully saturated rings. The standard InChI is InChI=1S/C15H20N2O3/c1-11-5-7-12(8-6-11)17(10-14(18)19)15(20)13-4-2-3-9-16-13/h5-8,13,16H,2-4,9-10H2,1H3,(H,18,19). The van der Waals surface area contributed by atoms with E-state index in [-0.39, 0.29) is 18.5 Å². The van der Waals surface area contributed by atoms with Gasteiger partial charge in [0.05, 0.1) is 6.04 Å². The Morgan fingerprint density at radius 2 is 2.00 bits per heavy atom. The molecule has 20 heavy (non-hydrogen) atoms. The van der Waals surface area contributed by atoms with Crippen LogP contribution in [0.1, 0.15) is 24.8 Å². The molecule has 0 saturated carbocycles. The summed E-state index contributed by atoms with van der Waals surface area (Å²) in [6.07, 6.45) is 2.83. The van der Waals surface area contributed by atoms with Crippen LogP contribution in [0.15, 0.2) is 24.3 Å². The van der Waals surface area contributed by atoms with E-state index in [1.165, 1.54) is 4.90 Å². The first-order valence-corrected chi connectivity index (χ1v) is 6.91. The van der Waals surface area contributed by atoms with E-state index in [0.717, 1.165) is 31.4 Å². The van der Waals surface area contributed by atoms with Crippen LogP contribution in [0.25, 0.3) is 0 Å². The number of benzene rings is 1. The van der Waals surface area contributed by atoms with Crippen LogP contribution in [-0.4, -0.2) is 36.1 Å². The van der Waals surface area contributed by atoms with Gasteiger partial charge in [0, 0.05) is 5.69 Å². The highest BCUT2D eigenvalue weighted by Crippen LogP contribution is 2.18. The van der Waals surface area contributed by atoms with Crippen LogP contribution in [0.4, 0.5) is 5.69 Å². The summed E-state index contributed by atoms with van der Waals surface area (Å²) in [6.45, 7) is 2.46. The summed E-state index contributed by atoms with van der Waals surface area (Å²) in [7, 11) is 0. The van der Waals surface area contributed by atoms with Gasteiger partial charge in [-0.15, -0.1) is 0 Å². The minimum atomic E-state index is -1.00. The van der Waals surface area contributed by atoms with Crippen molar-refractivity contribution < 1.29 is 14.7 Å². The number of nitrogens with zero attached hydrogens (tertiary/aromatic N) is 1. The molecule has 5 nitrogen and oxygen atoms in total. The topological polar surface area (TPSA) is 69.6 Å². The molecule has 1 unspecified atom stereocenters. The van der Waals surface area contributed by atoms with Crippen LogP contribution in [0.3, 0.4) is 0 Å². The van der Waals surface area contributed by atoms with Crippen LogP contribution in [0, 0.1) is 6.92 Å². The molecule has 1 heterocycles. The Hall–Kier alpha value is -1.88. The first-order valence-electron chi connectivity index (χ1n) is 6.91. The lowest BCUT2D eigenvalue weighted by Gasteiger charge is -2.29. The van der Waals surface area contributed by atoms with Gasteiger partial charge < -0.3 is 10.4 Å².